The van der Waals surface area contributed by atoms with Crippen LogP contribution in [0.3, 0.4) is 0 Å². The predicted molar refractivity (Wildman–Crippen MR) is 572 cm³/mol. The average Bonchev–Trinajstić information content (AvgIpc) is 1.42. The van der Waals surface area contributed by atoms with E-state index < -0.39 is 52.4 Å². The zero-order valence-corrected chi connectivity index (χ0v) is 94.4. The van der Waals surface area contributed by atoms with E-state index in [1.165, 1.54) is 294 Å². The molecule has 22 nitrogen and oxygen atoms in total. The molecule has 0 radical (unpaired) electrons. The minimum Gasteiger partial charge on any atom is -0.444 e. The first-order chi connectivity index (χ1) is 65.0. The minimum absolute atomic E-state index is 0.162. The van der Waals surface area contributed by atoms with Crippen LogP contribution in [0.2, 0.25) is 0 Å². The molecule has 4 N–H and O–H groups in total. The summed E-state index contributed by atoms with van der Waals surface area (Å²) in [5, 5.41) is 11.4. The highest BCUT2D eigenvalue weighted by Gasteiger charge is 2.42. The molecule has 0 aliphatic heterocycles. The number of amides is 8. The van der Waals surface area contributed by atoms with Gasteiger partial charge in [0.05, 0.1) is 0 Å². The topological polar surface area (TPSA) is 265 Å². The summed E-state index contributed by atoms with van der Waals surface area (Å²) in [6.45, 7) is 54.1. The summed E-state index contributed by atoms with van der Waals surface area (Å²) in [4.78, 5) is 101. The van der Waals surface area contributed by atoms with Crippen LogP contribution in [0.1, 0.15) is 590 Å². The number of rotatable bonds is 62. The zero-order chi connectivity index (χ0) is 103. The SMILES string of the molecule is CCCCCCCCCN(C(=O)OC(C)(C)C1CCCCC1)C(=O)OC(C)(C)C1CCCCC1.CCCCCCCCCN(C(=O)OC(C)(C)CC)C(=O)OC(C)(C)CC.CCCCCCCCCNC(=O)OC(C)(C)C.CCCCCCCCCNC(=O)OC(C)(C)C1CCCCC1.CCCCCCCCCNC(=O)OC(C)(C)CC.CCCCCCCCCNC(=O)OC1(CC)CCCC1. The summed E-state index contributed by atoms with van der Waals surface area (Å²) in [5.41, 5.74) is -3.60. The van der Waals surface area contributed by atoms with Crippen LogP contribution in [0.4, 0.5) is 38.4 Å². The van der Waals surface area contributed by atoms with Gasteiger partial charge in [-0.25, -0.2) is 48.2 Å². The number of ether oxygens (including phenoxy) is 8. The molecule has 4 saturated carbocycles. The van der Waals surface area contributed by atoms with E-state index in [-0.39, 0.29) is 41.2 Å². The maximum Gasteiger partial charge on any atom is 0.419 e. The number of hydrogen-bond donors (Lipinski definition) is 4. The Kier molecular flexibility index (Phi) is 78.9. The maximum atomic E-state index is 13.3. The van der Waals surface area contributed by atoms with E-state index in [0.29, 0.717) is 43.7 Å². The zero-order valence-electron chi connectivity index (χ0n) is 94.4. The van der Waals surface area contributed by atoms with Crippen molar-refractivity contribution in [2.75, 3.05) is 39.3 Å². The molecule has 4 rings (SSSR count). The van der Waals surface area contributed by atoms with Gasteiger partial charge in [-0.1, -0.05) is 358 Å². The van der Waals surface area contributed by atoms with Gasteiger partial charge in [-0.2, -0.15) is 0 Å². The molecule has 4 fully saturated rings. The van der Waals surface area contributed by atoms with E-state index >= 15 is 0 Å². The molecular formula is C115H224N6O16. The van der Waals surface area contributed by atoms with E-state index in [2.05, 4.69) is 83.6 Å². The second kappa shape index (κ2) is 80.9. The monoisotopic (exact) mass is 1950 g/mol. The van der Waals surface area contributed by atoms with Gasteiger partial charge in [0.15, 0.2) is 0 Å². The molecule has 0 spiro atoms. The van der Waals surface area contributed by atoms with Crippen molar-refractivity contribution in [1.29, 1.82) is 0 Å². The van der Waals surface area contributed by atoms with Crippen LogP contribution < -0.4 is 21.3 Å². The highest BCUT2D eigenvalue weighted by Crippen LogP contribution is 2.40. The van der Waals surface area contributed by atoms with Crippen LogP contribution in [0.25, 0.3) is 0 Å². The van der Waals surface area contributed by atoms with Crippen LogP contribution in [-0.4, -0.2) is 143 Å². The Morgan fingerprint density at radius 1 is 0.248 bits per heavy atom. The van der Waals surface area contributed by atoms with Crippen LogP contribution >= 0.6 is 0 Å². The van der Waals surface area contributed by atoms with E-state index in [1.807, 2.05) is 111 Å². The molecule has 0 aromatic carbocycles. The van der Waals surface area contributed by atoms with Crippen molar-refractivity contribution in [2.24, 2.45) is 17.8 Å². The number of nitrogens with one attached hydrogen (secondary N) is 4. The van der Waals surface area contributed by atoms with Gasteiger partial charge in [0.1, 0.15) is 44.8 Å². The third kappa shape index (κ3) is 73.3. The number of nitrogens with zero attached hydrogens (tertiary/aromatic N) is 2. The fourth-order valence-corrected chi connectivity index (χ4v) is 17.7. The lowest BCUT2D eigenvalue weighted by atomic mass is 9.79. The summed E-state index contributed by atoms with van der Waals surface area (Å²) in [7, 11) is 0. The van der Waals surface area contributed by atoms with Crippen molar-refractivity contribution >= 4 is 48.7 Å². The van der Waals surface area contributed by atoms with Crippen LogP contribution in [0, 0.1) is 17.8 Å². The first-order valence-electron chi connectivity index (χ1n) is 57.3. The summed E-state index contributed by atoms with van der Waals surface area (Å²) in [5.74, 6) is 1.21. The van der Waals surface area contributed by atoms with Gasteiger partial charge in [-0.15, -0.1) is 0 Å². The fourth-order valence-electron chi connectivity index (χ4n) is 17.7. The number of imide groups is 2. The van der Waals surface area contributed by atoms with Crippen molar-refractivity contribution in [1.82, 2.24) is 31.1 Å². The van der Waals surface area contributed by atoms with Crippen molar-refractivity contribution in [3.8, 4) is 0 Å². The van der Waals surface area contributed by atoms with Crippen LogP contribution in [0.15, 0.2) is 0 Å². The fraction of sp³-hybridized carbons (Fsp3) is 0.930. The predicted octanol–water partition coefficient (Wildman–Crippen LogP) is 35.6. The molecule has 0 atom stereocenters. The van der Waals surface area contributed by atoms with E-state index in [1.54, 1.807) is 0 Å². The molecule has 22 heteroatoms. The van der Waals surface area contributed by atoms with Gasteiger partial charge in [0.2, 0.25) is 0 Å². The third-order valence-electron chi connectivity index (χ3n) is 28.4. The van der Waals surface area contributed by atoms with Gasteiger partial charge in [0.25, 0.3) is 0 Å². The summed E-state index contributed by atoms with van der Waals surface area (Å²) >= 11 is 0. The Balaban J connectivity index is 0. The maximum absolute atomic E-state index is 13.3. The van der Waals surface area contributed by atoms with Crippen LogP contribution in [-0.2, 0) is 37.9 Å². The molecule has 4 aliphatic carbocycles. The van der Waals surface area contributed by atoms with Gasteiger partial charge >= 0.3 is 48.7 Å². The van der Waals surface area contributed by atoms with E-state index in [4.69, 9.17) is 37.9 Å². The number of unbranched alkanes of at least 4 members (excludes halogenated alkanes) is 36. The lowest BCUT2D eigenvalue weighted by Gasteiger charge is -2.39. The first-order valence-corrected chi connectivity index (χ1v) is 57.3. The molecule has 4 aliphatic rings. The molecule has 0 unspecified atom stereocenters. The first kappa shape index (κ1) is 134. The molecule has 0 heterocycles. The number of hydrogen-bond acceptors (Lipinski definition) is 16. The standard InChI is InChI=1S/C29H53NO4.C21H41NO4.C19H37NO2.C17H33NO2.C15H31NO2.C14H29NO2/c1-6-7-8-9-10-11-18-23-30(26(31)33-28(2,3)24-19-14-12-15-20-24)27(32)34-29(4,5)25-21-16-13-17-22-25;1-8-11-12-13-14-15-16-17-22(18(23)25-20(4,5)9-2)19(24)26-21(6,7)10-3;1-4-5-6-7-8-9-13-16-20-18(21)22-19(2,3)17-14-11-10-12-15-17;1-3-5-6-7-8-9-12-15-18-16(19)20-17(4-2)13-10-11-14-17;1-5-7-8-9-10-11-12-13-16-14(17)18-15(3,4)6-2;1-5-6-7-8-9-10-11-12-15-13(16)17-14(2,3)4/h24-25H,6-23H2,1-5H3;8-17H2,1-7H3;17H,4-16H2,1-3H3,(H,20,21);3-15H2,1-2H3,(H,18,19);5-13H2,1-4H3,(H,16,17);5-12H2,1-4H3,(H,15,16). The summed E-state index contributed by atoms with van der Waals surface area (Å²) < 4.78 is 44.9. The van der Waals surface area contributed by atoms with Gasteiger partial charge in [-0.3, -0.25) is 0 Å². The van der Waals surface area contributed by atoms with Crippen LogP contribution in [0.5, 0.6) is 0 Å². The van der Waals surface area contributed by atoms with Crippen molar-refractivity contribution in [3.63, 3.8) is 0 Å². The Morgan fingerprint density at radius 3 is 0.723 bits per heavy atom. The summed E-state index contributed by atoms with van der Waals surface area (Å²) in [6, 6.07) is 0. The minimum atomic E-state index is -0.611. The van der Waals surface area contributed by atoms with Gasteiger partial charge < -0.3 is 59.2 Å². The second-order valence-corrected chi connectivity index (χ2v) is 44.8. The molecule has 137 heavy (non-hydrogen) atoms. The Bertz CT molecular complexity index is 2890. The van der Waals surface area contributed by atoms with Crippen molar-refractivity contribution < 1.29 is 76.3 Å². The molecule has 810 valence electrons. The Morgan fingerprint density at radius 2 is 0.467 bits per heavy atom. The highest BCUT2D eigenvalue weighted by molar-refractivity contribution is 5.89. The molecule has 8 amide bonds. The van der Waals surface area contributed by atoms with Gasteiger partial charge in [-0.05, 0) is 250 Å². The second-order valence-electron chi connectivity index (χ2n) is 44.8. The Hall–Kier alpha value is -5.44. The quantitative estimate of drug-likeness (QED) is 0.0326. The molecule has 0 saturated heterocycles. The number of carbonyl (C=O) groups is 8. The summed E-state index contributed by atoms with van der Waals surface area (Å²) in [6.07, 6.45) is 73.3. The Labute approximate surface area is 843 Å². The largest absolute Gasteiger partial charge is 0.444 e. The lowest BCUT2D eigenvalue weighted by molar-refractivity contribution is -0.0529. The molecule has 0 aromatic rings. The third-order valence-corrected chi connectivity index (χ3v) is 28.4. The van der Waals surface area contributed by atoms with Crippen molar-refractivity contribution in [3.05, 3.63) is 0 Å². The molecule has 0 aromatic heterocycles. The van der Waals surface area contributed by atoms with E-state index in [0.717, 1.165) is 147 Å². The highest BCUT2D eigenvalue weighted by atomic mass is 16.6. The normalized spacial score (nSPS) is 14.9. The smallest absolute Gasteiger partial charge is 0.419 e. The van der Waals surface area contributed by atoms with Gasteiger partial charge in [0, 0.05) is 39.3 Å². The molecular weight excluding hydrogens is 1720 g/mol. The number of alkyl carbamates (subject to hydrolysis) is 4. The molecule has 0 bridgehead atoms. The van der Waals surface area contributed by atoms with Crippen molar-refractivity contribution in [2.45, 2.75) is 635 Å². The van der Waals surface area contributed by atoms with E-state index in [9.17, 15) is 38.4 Å². The lowest BCUT2D eigenvalue weighted by Crippen LogP contribution is -2.48. The number of carbonyl (C=O) groups excluding carboxylic acids is 8. The average molecular weight is 1950 g/mol.